The molecular weight excluding hydrogens is 437 g/mol. The molecule has 0 atom stereocenters. The molecule has 3 rings (SSSR count). The van der Waals surface area contributed by atoms with E-state index in [0.29, 0.717) is 11.3 Å². The van der Waals surface area contributed by atoms with E-state index in [1.807, 2.05) is 0 Å². The number of carboxylic acids is 1. The molecule has 1 heterocycles. The number of halogens is 3. The zero-order valence-corrected chi connectivity index (χ0v) is 16.5. The molecule has 2 N–H and O–H groups in total. The third kappa shape index (κ3) is 5.95. The van der Waals surface area contributed by atoms with Gasteiger partial charge in [-0.25, -0.2) is 0 Å². The lowest BCUT2D eigenvalue weighted by atomic mass is 10.1. The molecule has 1 aliphatic rings. The minimum Gasteiger partial charge on any atom is -0.493 e. The van der Waals surface area contributed by atoms with E-state index in [0.717, 1.165) is 17.0 Å². The molecule has 0 unspecified atom stereocenters. The van der Waals surface area contributed by atoms with Crippen LogP contribution in [0.25, 0.3) is 6.08 Å². The topological polar surface area (TPSA) is 88.1 Å². The first-order valence-electron chi connectivity index (χ1n) is 8.80. The molecule has 1 fully saturated rings. The van der Waals surface area contributed by atoms with Crippen molar-refractivity contribution in [2.45, 2.75) is 12.8 Å². The molecule has 0 spiro atoms. The maximum Gasteiger partial charge on any atom is 0.573 e. The number of alkyl halides is 3. The van der Waals surface area contributed by atoms with Gasteiger partial charge in [0.15, 0.2) is 5.11 Å². The molecule has 7 nitrogen and oxygen atoms in total. The number of ether oxygens (including phenoxy) is 2. The maximum absolute atomic E-state index is 12.8. The number of nitrogens with zero attached hydrogens (tertiary/aromatic N) is 1. The summed E-state index contributed by atoms with van der Waals surface area (Å²) < 4.78 is 46.1. The Balaban J connectivity index is 1.74. The van der Waals surface area contributed by atoms with E-state index in [2.05, 4.69) is 10.1 Å². The highest BCUT2D eigenvalue weighted by Gasteiger charge is 2.33. The Hall–Kier alpha value is -3.60. The number of carbonyl (C=O) groups excluding carboxylic acids is 1. The van der Waals surface area contributed by atoms with Crippen LogP contribution in [-0.2, 0) is 9.59 Å². The average Bonchev–Trinajstić information content (AvgIpc) is 2.95. The summed E-state index contributed by atoms with van der Waals surface area (Å²) in [7, 11) is 0. The summed E-state index contributed by atoms with van der Waals surface area (Å²) in [4.78, 5) is 24.5. The lowest BCUT2D eigenvalue weighted by Crippen LogP contribution is -2.30. The number of anilines is 1. The molecule has 11 heteroatoms. The Morgan fingerprint density at radius 3 is 2.52 bits per heavy atom. The van der Waals surface area contributed by atoms with Gasteiger partial charge in [0.05, 0.1) is 18.7 Å². The first-order valence-corrected chi connectivity index (χ1v) is 9.21. The van der Waals surface area contributed by atoms with Gasteiger partial charge in [-0.1, -0.05) is 12.1 Å². The molecule has 0 aliphatic carbocycles. The Bertz CT molecular complexity index is 1040. The van der Waals surface area contributed by atoms with Gasteiger partial charge in [0.1, 0.15) is 17.2 Å². The van der Waals surface area contributed by atoms with Gasteiger partial charge in [0.2, 0.25) is 0 Å². The van der Waals surface area contributed by atoms with Crippen molar-refractivity contribution in [1.82, 2.24) is 5.32 Å². The van der Waals surface area contributed by atoms with Crippen LogP contribution in [0, 0.1) is 0 Å². The zero-order valence-electron chi connectivity index (χ0n) is 15.7. The Morgan fingerprint density at radius 1 is 1.16 bits per heavy atom. The molecule has 2 aromatic rings. The normalized spacial score (nSPS) is 15.2. The Morgan fingerprint density at radius 2 is 1.87 bits per heavy atom. The van der Waals surface area contributed by atoms with Crippen molar-refractivity contribution in [2.24, 2.45) is 0 Å². The minimum atomic E-state index is -4.82. The van der Waals surface area contributed by atoms with Crippen molar-refractivity contribution in [3.8, 4) is 11.5 Å². The number of nitrogens with one attached hydrogen (secondary N) is 1. The van der Waals surface area contributed by atoms with Gasteiger partial charge in [0.25, 0.3) is 5.91 Å². The number of carbonyl (C=O) groups is 2. The predicted octanol–water partition coefficient (Wildman–Crippen LogP) is 3.70. The van der Waals surface area contributed by atoms with Crippen molar-refractivity contribution in [3.63, 3.8) is 0 Å². The van der Waals surface area contributed by atoms with Crippen LogP contribution in [0.3, 0.4) is 0 Å². The standard InChI is InChI=1S/C20H15F3N2O5S/c21-20(22,23)30-14-6-4-13(5-7-14)25-18(28)16(24-19(25)31)11-12-2-1-3-15(10-12)29-9-8-17(26)27/h1-7,10-11H,8-9H2,(H,24,31)(H,26,27)/b16-11-. The predicted molar refractivity (Wildman–Crippen MR) is 109 cm³/mol. The smallest absolute Gasteiger partial charge is 0.493 e. The van der Waals surface area contributed by atoms with Gasteiger partial charge < -0.3 is 19.9 Å². The molecule has 0 bridgehead atoms. The summed E-state index contributed by atoms with van der Waals surface area (Å²) >= 11 is 5.18. The zero-order chi connectivity index (χ0) is 22.6. The summed E-state index contributed by atoms with van der Waals surface area (Å²) in [5.41, 5.74) is 1.02. The Kier molecular flexibility index (Phi) is 6.44. The van der Waals surface area contributed by atoms with Gasteiger partial charge in [-0.2, -0.15) is 0 Å². The number of aliphatic carboxylic acids is 1. The fourth-order valence-corrected chi connectivity index (χ4v) is 2.98. The highest BCUT2D eigenvalue weighted by atomic mass is 32.1. The molecule has 1 saturated heterocycles. The number of hydrogen-bond donors (Lipinski definition) is 2. The average molecular weight is 452 g/mol. The molecule has 162 valence electrons. The molecule has 1 amide bonds. The van der Waals surface area contributed by atoms with Crippen molar-refractivity contribution in [1.29, 1.82) is 0 Å². The fraction of sp³-hybridized carbons (Fsp3) is 0.150. The summed E-state index contributed by atoms with van der Waals surface area (Å²) in [6.45, 7) is -0.00154. The second kappa shape index (κ2) is 9.04. The summed E-state index contributed by atoms with van der Waals surface area (Å²) in [5, 5.41) is 11.5. The summed E-state index contributed by atoms with van der Waals surface area (Å²) in [6.07, 6.45) is -3.44. The van der Waals surface area contributed by atoms with Gasteiger partial charge in [-0.15, -0.1) is 13.2 Å². The fourth-order valence-electron chi connectivity index (χ4n) is 2.68. The number of thiocarbonyl (C=S) groups is 1. The maximum atomic E-state index is 12.8. The van der Waals surface area contributed by atoms with Gasteiger partial charge >= 0.3 is 12.3 Å². The van der Waals surface area contributed by atoms with Gasteiger partial charge in [-0.05, 0) is 60.3 Å². The quantitative estimate of drug-likeness (QED) is 0.489. The first-order chi connectivity index (χ1) is 14.6. The van der Waals surface area contributed by atoms with Crippen LogP contribution >= 0.6 is 12.2 Å². The number of benzene rings is 2. The van der Waals surface area contributed by atoms with Crippen molar-refractivity contribution in [3.05, 3.63) is 59.8 Å². The van der Waals surface area contributed by atoms with E-state index in [4.69, 9.17) is 22.1 Å². The summed E-state index contributed by atoms with van der Waals surface area (Å²) in [6, 6.07) is 11.4. The molecule has 0 aromatic heterocycles. The molecule has 31 heavy (non-hydrogen) atoms. The largest absolute Gasteiger partial charge is 0.573 e. The Labute approximate surface area is 179 Å². The third-order valence-corrected chi connectivity index (χ3v) is 4.25. The van der Waals surface area contributed by atoms with Crippen LogP contribution in [-0.4, -0.2) is 35.1 Å². The van der Waals surface area contributed by atoms with Crippen molar-refractivity contribution < 1.29 is 37.3 Å². The second-order valence-corrected chi connectivity index (χ2v) is 6.62. The number of carboxylic acid groups (broad SMARTS) is 1. The summed E-state index contributed by atoms with van der Waals surface area (Å²) in [5.74, 6) is -1.46. The van der Waals surface area contributed by atoms with Crippen LogP contribution in [0.2, 0.25) is 0 Å². The van der Waals surface area contributed by atoms with Crippen LogP contribution in [0.1, 0.15) is 12.0 Å². The SMILES string of the molecule is O=C(O)CCOc1cccc(/C=C2\NC(=S)N(c3ccc(OC(F)(F)F)cc3)C2=O)c1. The molecule has 1 aliphatic heterocycles. The van der Waals surface area contributed by atoms with Crippen molar-refractivity contribution in [2.75, 3.05) is 11.5 Å². The third-order valence-electron chi connectivity index (χ3n) is 3.96. The van der Waals surface area contributed by atoms with Crippen LogP contribution < -0.4 is 19.7 Å². The second-order valence-electron chi connectivity index (χ2n) is 6.24. The van der Waals surface area contributed by atoms with Gasteiger partial charge in [-0.3, -0.25) is 14.5 Å². The first kappa shape index (κ1) is 22.1. The van der Waals surface area contributed by atoms with E-state index < -0.39 is 24.0 Å². The lowest BCUT2D eigenvalue weighted by molar-refractivity contribution is -0.274. The van der Waals surface area contributed by atoms with Crippen LogP contribution in [0.5, 0.6) is 11.5 Å². The van der Waals surface area contributed by atoms with Gasteiger partial charge in [0, 0.05) is 0 Å². The highest BCUT2D eigenvalue weighted by molar-refractivity contribution is 7.80. The van der Waals surface area contributed by atoms with Crippen LogP contribution in [0.4, 0.5) is 18.9 Å². The van der Waals surface area contributed by atoms with Crippen LogP contribution in [0.15, 0.2) is 54.2 Å². The molecule has 0 radical (unpaired) electrons. The monoisotopic (exact) mass is 452 g/mol. The van der Waals surface area contributed by atoms with E-state index in [-0.39, 0.29) is 29.5 Å². The van der Waals surface area contributed by atoms with E-state index >= 15 is 0 Å². The minimum absolute atomic E-state index is 0.00154. The van der Waals surface area contributed by atoms with Crippen molar-refractivity contribution >= 4 is 41.0 Å². The highest BCUT2D eigenvalue weighted by Crippen LogP contribution is 2.28. The van der Waals surface area contributed by atoms with E-state index in [1.54, 1.807) is 24.3 Å². The number of rotatable bonds is 7. The number of amides is 1. The number of hydrogen-bond acceptors (Lipinski definition) is 5. The molecule has 0 saturated carbocycles. The lowest BCUT2D eigenvalue weighted by Gasteiger charge is -2.15. The van der Waals surface area contributed by atoms with E-state index in [9.17, 15) is 22.8 Å². The molecular formula is C20H15F3N2O5S. The molecule has 2 aromatic carbocycles. The van der Waals surface area contributed by atoms with E-state index in [1.165, 1.54) is 18.2 Å².